The zero-order valence-corrected chi connectivity index (χ0v) is 12.2. The van der Waals surface area contributed by atoms with Crippen molar-refractivity contribution in [3.05, 3.63) is 41.8 Å². The molecule has 2 N–H and O–H groups in total. The van der Waals surface area contributed by atoms with Gasteiger partial charge in [-0.05, 0) is 30.0 Å². The van der Waals surface area contributed by atoms with Crippen molar-refractivity contribution in [1.29, 1.82) is 0 Å². The molecule has 2 aromatic rings. The molecule has 0 atom stereocenters. The quantitative estimate of drug-likeness (QED) is 0.889. The van der Waals surface area contributed by atoms with E-state index in [9.17, 15) is 9.18 Å². The summed E-state index contributed by atoms with van der Waals surface area (Å²) < 4.78 is 13.6. The second-order valence-electron chi connectivity index (χ2n) is 5.85. The Morgan fingerprint density at radius 1 is 1.43 bits per heavy atom. The fraction of sp³-hybridized carbons (Fsp3) is 0.375. The van der Waals surface area contributed by atoms with Gasteiger partial charge in [0, 0.05) is 24.7 Å². The Labute approximate surface area is 123 Å². The van der Waals surface area contributed by atoms with Gasteiger partial charge in [0.15, 0.2) is 0 Å². The van der Waals surface area contributed by atoms with E-state index in [1.165, 1.54) is 12.1 Å². The van der Waals surface area contributed by atoms with Crippen molar-refractivity contribution in [2.24, 2.45) is 5.41 Å². The Kier molecular flexibility index (Phi) is 4.53. The number of halogens is 1. The van der Waals surface area contributed by atoms with Crippen LogP contribution in [-0.4, -0.2) is 29.1 Å². The summed E-state index contributed by atoms with van der Waals surface area (Å²) in [6, 6.07) is 5.98. The number of hydrogen-bond donors (Lipinski definition) is 2. The maximum Gasteiger partial charge on any atom is 0.253 e. The van der Waals surface area contributed by atoms with Crippen LogP contribution in [0.2, 0.25) is 0 Å². The Bertz CT molecular complexity index is 656. The van der Waals surface area contributed by atoms with Crippen molar-refractivity contribution in [2.75, 3.05) is 13.2 Å². The molecule has 21 heavy (non-hydrogen) atoms. The third kappa shape index (κ3) is 3.76. The number of nitrogens with zero attached hydrogens (tertiary/aromatic N) is 1. The number of rotatable bonds is 5. The Morgan fingerprint density at radius 3 is 2.90 bits per heavy atom. The molecule has 0 saturated heterocycles. The molecule has 4 nitrogen and oxygen atoms in total. The van der Waals surface area contributed by atoms with Crippen molar-refractivity contribution in [3.63, 3.8) is 0 Å². The molecule has 0 fully saturated rings. The van der Waals surface area contributed by atoms with Crippen LogP contribution in [0.5, 0.6) is 0 Å². The summed E-state index contributed by atoms with van der Waals surface area (Å²) in [7, 11) is 0. The van der Waals surface area contributed by atoms with Crippen LogP contribution in [0.1, 0.15) is 30.6 Å². The van der Waals surface area contributed by atoms with Crippen molar-refractivity contribution in [3.8, 4) is 0 Å². The minimum absolute atomic E-state index is 0.0628. The minimum Gasteiger partial charge on any atom is -0.396 e. The fourth-order valence-corrected chi connectivity index (χ4v) is 2.13. The van der Waals surface area contributed by atoms with Crippen LogP contribution in [0.15, 0.2) is 30.5 Å². The average Bonchev–Trinajstić information content (AvgIpc) is 2.44. The van der Waals surface area contributed by atoms with Crippen molar-refractivity contribution in [1.82, 2.24) is 10.3 Å². The van der Waals surface area contributed by atoms with Crippen LogP contribution in [-0.2, 0) is 0 Å². The number of carbonyl (C=O) groups is 1. The van der Waals surface area contributed by atoms with E-state index in [2.05, 4.69) is 10.3 Å². The molecule has 0 radical (unpaired) electrons. The second-order valence-corrected chi connectivity index (χ2v) is 5.85. The minimum atomic E-state index is -0.463. The molecule has 1 heterocycles. The van der Waals surface area contributed by atoms with E-state index in [0.29, 0.717) is 23.9 Å². The molecule has 112 valence electrons. The number of aliphatic hydroxyl groups excluding tert-OH is 1. The van der Waals surface area contributed by atoms with Gasteiger partial charge in [0.1, 0.15) is 5.82 Å². The first-order valence-electron chi connectivity index (χ1n) is 6.86. The van der Waals surface area contributed by atoms with E-state index in [1.807, 2.05) is 13.8 Å². The number of aromatic nitrogens is 1. The lowest BCUT2D eigenvalue weighted by Gasteiger charge is -2.23. The summed E-state index contributed by atoms with van der Waals surface area (Å²) >= 11 is 0. The monoisotopic (exact) mass is 290 g/mol. The van der Waals surface area contributed by atoms with Crippen molar-refractivity contribution < 1.29 is 14.3 Å². The summed E-state index contributed by atoms with van der Waals surface area (Å²) in [4.78, 5) is 16.4. The van der Waals surface area contributed by atoms with Gasteiger partial charge in [0.05, 0.1) is 11.1 Å². The van der Waals surface area contributed by atoms with Gasteiger partial charge in [-0.2, -0.15) is 0 Å². The van der Waals surface area contributed by atoms with E-state index < -0.39 is 5.82 Å². The third-order valence-corrected chi connectivity index (χ3v) is 3.43. The van der Waals surface area contributed by atoms with Crippen LogP contribution in [0.3, 0.4) is 0 Å². The van der Waals surface area contributed by atoms with Gasteiger partial charge >= 0.3 is 0 Å². The van der Waals surface area contributed by atoms with Crippen LogP contribution < -0.4 is 5.32 Å². The van der Waals surface area contributed by atoms with Crippen LogP contribution in [0.4, 0.5) is 4.39 Å². The topological polar surface area (TPSA) is 62.2 Å². The predicted molar refractivity (Wildman–Crippen MR) is 79.5 cm³/mol. The molecule has 0 aliphatic rings. The number of carbonyl (C=O) groups excluding carboxylic acids is 1. The highest BCUT2D eigenvalue weighted by Crippen LogP contribution is 2.20. The molecule has 0 aliphatic heterocycles. The summed E-state index contributed by atoms with van der Waals surface area (Å²) in [5.74, 6) is -0.820. The number of nitrogens with one attached hydrogen (secondary N) is 1. The average molecular weight is 290 g/mol. The first-order valence-corrected chi connectivity index (χ1v) is 6.86. The molecule has 0 saturated carbocycles. The molecule has 5 heteroatoms. The first kappa shape index (κ1) is 15.4. The van der Waals surface area contributed by atoms with Gasteiger partial charge in [-0.15, -0.1) is 0 Å². The van der Waals surface area contributed by atoms with Crippen LogP contribution in [0.25, 0.3) is 10.9 Å². The lowest BCUT2D eigenvalue weighted by Crippen LogP contribution is -2.34. The molecule has 0 aliphatic carbocycles. The van der Waals surface area contributed by atoms with Gasteiger partial charge in [0.2, 0.25) is 0 Å². The molecule has 0 spiro atoms. The van der Waals surface area contributed by atoms with Gasteiger partial charge in [-0.3, -0.25) is 9.78 Å². The summed E-state index contributed by atoms with van der Waals surface area (Å²) in [6.07, 6.45) is 2.15. The standard InChI is InChI=1S/C16H19FN2O2/c1-16(2,5-7-20)10-19-15(21)13-9-12(17)8-11-4-3-6-18-14(11)13/h3-4,6,8-9,20H,5,7,10H2,1-2H3,(H,19,21). The highest BCUT2D eigenvalue weighted by atomic mass is 19.1. The third-order valence-electron chi connectivity index (χ3n) is 3.43. The maximum atomic E-state index is 13.6. The molecule has 2 rings (SSSR count). The molecule has 0 bridgehead atoms. The fourth-order valence-electron chi connectivity index (χ4n) is 2.13. The smallest absolute Gasteiger partial charge is 0.253 e. The van der Waals surface area contributed by atoms with Gasteiger partial charge in [-0.25, -0.2) is 4.39 Å². The van der Waals surface area contributed by atoms with Crippen molar-refractivity contribution >= 4 is 16.8 Å². The number of benzene rings is 1. The number of amides is 1. The molecule has 1 aromatic heterocycles. The van der Waals surface area contributed by atoms with E-state index in [-0.39, 0.29) is 23.5 Å². The van der Waals surface area contributed by atoms with Crippen LogP contribution >= 0.6 is 0 Å². The summed E-state index contributed by atoms with van der Waals surface area (Å²) in [6.45, 7) is 4.36. The lowest BCUT2D eigenvalue weighted by atomic mass is 9.89. The second kappa shape index (κ2) is 6.18. The number of pyridine rings is 1. The number of aliphatic hydroxyl groups is 1. The summed E-state index contributed by atoms with van der Waals surface area (Å²) in [5, 5.41) is 12.4. The molecule has 1 amide bonds. The lowest BCUT2D eigenvalue weighted by molar-refractivity contribution is 0.0929. The van der Waals surface area contributed by atoms with Gasteiger partial charge < -0.3 is 10.4 Å². The van der Waals surface area contributed by atoms with Gasteiger partial charge in [0.25, 0.3) is 5.91 Å². The van der Waals surface area contributed by atoms with Crippen LogP contribution in [0, 0.1) is 11.2 Å². The van der Waals surface area contributed by atoms with E-state index >= 15 is 0 Å². The number of hydrogen-bond acceptors (Lipinski definition) is 3. The maximum absolute atomic E-state index is 13.6. The molecular formula is C16H19FN2O2. The molecule has 1 aromatic carbocycles. The highest BCUT2D eigenvalue weighted by Gasteiger charge is 2.20. The molecule has 0 unspecified atom stereocenters. The van der Waals surface area contributed by atoms with Gasteiger partial charge in [-0.1, -0.05) is 19.9 Å². The Hall–Kier alpha value is -2.01. The number of fused-ring (bicyclic) bond motifs is 1. The van der Waals surface area contributed by atoms with Crippen molar-refractivity contribution in [2.45, 2.75) is 20.3 Å². The summed E-state index contributed by atoms with van der Waals surface area (Å²) in [5.41, 5.74) is 0.489. The first-order chi connectivity index (χ1) is 9.93. The van der Waals surface area contributed by atoms with E-state index in [0.717, 1.165) is 0 Å². The largest absolute Gasteiger partial charge is 0.396 e. The Morgan fingerprint density at radius 2 is 2.19 bits per heavy atom. The molecular weight excluding hydrogens is 271 g/mol. The predicted octanol–water partition coefficient (Wildman–Crippen LogP) is 2.51. The SMILES string of the molecule is CC(C)(CCO)CNC(=O)c1cc(F)cc2cccnc12. The zero-order valence-electron chi connectivity index (χ0n) is 12.2. The van der Waals surface area contributed by atoms with E-state index in [1.54, 1.807) is 18.3 Å². The highest BCUT2D eigenvalue weighted by molar-refractivity contribution is 6.05. The Balaban J connectivity index is 2.24. The normalized spacial score (nSPS) is 11.6. The van der Waals surface area contributed by atoms with E-state index in [4.69, 9.17) is 5.11 Å². The zero-order chi connectivity index (χ0) is 15.5.